The van der Waals surface area contributed by atoms with Crippen LogP contribution < -0.4 is 0 Å². The van der Waals surface area contributed by atoms with Gasteiger partial charge >= 0.3 is 7.12 Å². The summed E-state index contributed by atoms with van der Waals surface area (Å²) in [4.78, 5) is 10.7. The standard InChI is InChI=1S/C10H19BN2O3/c1-4-5-6-10(11(15)16)12-13(8-14)7-9(2)3/h5-6,8-9,15-16H,4,7H2,1-3H3/b6-5-,12-10+. The predicted molar refractivity (Wildman–Crippen MR) is 64.7 cm³/mol. The fourth-order valence-corrected chi connectivity index (χ4v) is 1.04. The van der Waals surface area contributed by atoms with Crippen LogP contribution in [0.15, 0.2) is 17.3 Å². The van der Waals surface area contributed by atoms with E-state index in [1.165, 1.54) is 11.1 Å². The molecule has 0 fully saturated rings. The summed E-state index contributed by atoms with van der Waals surface area (Å²) in [5.41, 5.74) is 0.0644. The molecule has 0 spiro atoms. The molecule has 0 atom stereocenters. The molecule has 0 aliphatic heterocycles. The van der Waals surface area contributed by atoms with Crippen LogP contribution in [0.5, 0.6) is 0 Å². The zero-order valence-corrected chi connectivity index (χ0v) is 10.00. The number of carbonyl (C=O) groups is 1. The third-order valence-electron chi connectivity index (χ3n) is 1.71. The highest BCUT2D eigenvalue weighted by Crippen LogP contribution is 1.98. The first-order valence-electron chi connectivity index (χ1n) is 5.34. The van der Waals surface area contributed by atoms with Gasteiger partial charge < -0.3 is 10.0 Å². The van der Waals surface area contributed by atoms with E-state index in [4.69, 9.17) is 10.0 Å². The summed E-state index contributed by atoms with van der Waals surface area (Å²) in [5, 5.41) is 23.1. The molecule has 0 unspecified atom stereocenters. The van der Waals surface area contributed by atoms with E-state index in [0.29, 0.717) is 13.0 Å². The SMILES string of the molecule is CC/C=C\C(=N/N(C=O)CC(C)C)B(O)O. The molecule has 0 radical (unpaired) electrons. The molecule has 5 nitrogen and oxygen atoms in total. The van der Waals surface area contributed by atoms with Gasteiger partial charge in [0.25, 0.3) is 0 Å². The molecule has 0 rings (SSSR count). The van der Waals surface area contributed by atoms with E-state index in [1.807, 2.05) is 20.8 Å². The summed E-state index contributed by atoms with van der Waals surface area (Å²) in [5.74, 6) is 0.265. The first-order chi connectivity index (χ1) is 7.51. The quantitative estimate of drug-likeness (QED) is 0.286. The van der Waals surface area contributed by atoms with Crippen LogP contribution in [0.2, 0.25) is 0 Å². The Balaban J connectivity index is 4.72. The minimum atomic E-state index is -1.67. The fraction of sp³-hybridized carbons (Fsp3) is 0.600. The van der Waals surface area contributed by atoms with Gasteiger partial charge in [-0.2, -0.15) is 5.10 Å². The molecule has 16 heavy (non-hydrogen) atoms. The zero-order valence-electron chi connectivity index (χ0n) is 10.00. The molecule has 90 valence electrons. The van der Waals surface area contributed by atoms with E-state index in [2.05, 4.69) is 5.10 Å². The largest absolute Gasteiger partial charge is 0.509 e. The summed E-state index contributed by atoms with van der Waals surface area (Å²) >= 11 is 0. The lowest BCUT2D eigenvalue weighted by molar-refractivity contribution is -0.118. The number of hydrazone groups is 1. The number of allylic oxidation sites excluding steroid dienone is 2. The van der Waals surface area contributed by atoms with Crippen LogP contribution in [0.4, 0.5) is 0 Å². The van der Waals surface area contributed by atoms with Crippen molar-refractivity contribution in [1.82, 2.24) is 5.01 Å². The van der Waals surface area contributed by atoms with E-state index >= 15 is 0 Å². The van der Waals surface area contributed by atoms with Gasteiger partial charge in [0, 0.05) is 6.54 Å². The van der Waals surface area contributed by atoms with Crippen LogP contribution in [0.25, 0.3) is 0 Å². The van der Waals surface area contributed by atoms with Crippen molar-refractivity contribution in [2.24, 2.45) is 11.0 Å². The average molecular weight is 226 g/mol. The Labute approximate surface area is 96.6 Å². The van der Waals surface area contributed by atoms with Gasteiger partial charge in [0.1, 0.15) is 0 Å². The maximum Gasteiger partial charge on any atom is 0.509 e. The maximum absolute atomic E-state index is 10.7. The van der Waals surface area contributed by atoms with Gasteiger partial charge in [0.05, 0.1) is 5.61 Å². The maximum atomic E-state index is 10.7. The number of nitrogens with zero attached hydrogens (tertiary/aromatic N) is 2. The molecule has 0 bridgehead atoms. The van der Waals surface area contributed by atoms with Crippen molar-refractivity contribution in [3.8, 4) is 0 Å². The predicted octanol–water partition coefficient (Wildman–Crippen LogP) is 0.435. The van der Waals surface area contributed by atoms with Crippen LogP contribution in [0.1, 0.15) is 27.2 Å². The molecule has 1 amide bonds. The van der Waals surface area contributed by atoms with Crippen molar-refractivity contribution in [2.45, 2.75) is 27.2 Å². The lowest BCUT2D eigenvalue weighted by Crippen LogP contribution is -2.29. The molecule has 2 N–H and O–H groups in total. The van der Waals surface area contributed by atoms with Gasteiger partial charge in [-0.25, -0.2) is 5.01 Å². The van der Waals surface area contributed by atoms with Gasteiger partial charge in [0.15, 0.2) is 0 Å². The second-order valence-electron chi connectivity index (χ2n) is 3.83. The van der Waals surface area contributed by atoms with Gasteiger partial charge in [-0.15, -0.1) is 0 Å². The van der Waals surface area contributed by atoms with Crippen LogP contribution in [-0.4, -0.2) is 40.7 Å². The molecule has 0 saturated heterocycles. The van der Waals surface area contributed by atoms with Crippen LogP contribution in [0, 0.1) is 5.92 Å². The van der Waals surface area contributed by atoms with Crippen LogP contribution in [0.3, 0.4) is 0 Å². The molecule has 0 aromatic carbocycles. The molecular formula is C10H19BN2O3. The molecule has 0 aliphatic rings. The highest BCUT2D eigenvalue weighted by atomic mass is 16.4. The minimum Gasteiger partial charge on any atom is -0.422 e. The van der Waals surface area contributed by atoms with E-state index in [9.17, 15) is 4.79 Å². The summed E-state index contributed by atoms with van der Waals surface area (Å²) in [6.45, 7) is 6.26. The first kappa shape index (κ1) is 14.9. The van der Waals surface area contributed by atoms with Crippen molar-refractivity contribution in [3.63, 3.8) is 0 Å². The van der Waals surface area contributed by atoms with Crippen molar-refractivity contribution in [2.75, 3.05) is 6.54 Å². The molecular weight excluding hydrogens is 207 g/mol. The Bertz CT molecular complexity index is 265. The van der Waals surface area contributed by atoms with Crippen LogP contribution in [-0.2, 0) is 4.79 Å². The van der Waals surface area contributed by atoms with E-state index in [1.54, 1.807) is 6.08 Å². The summed E-state index contributed by atoms with van der Waals surface area (Å²) in [6, 6.07) is 0. The highest BCUT2D eigenvalue weighted by Gasteiger charge is 2.16. The highest BCUT2D eigenvalue weighted by molar-refractivity contribution is 6.82. The van der Waals surface area contributed by atoms with Crippen molar-refractivity contribution in [3.05, 3.63) is 12.2 Å². The Kier molecular flexibility index (Phi) is 7.50. The number of hydrogen-bond acceptors (Lipinski definition) is 4. The lowest BCUT2D eigenvalue weighted by atomic mass is 9.83. The third-order valence-corrected chi connectivity index (χ3v) is 1.71. The monoisotopic (exact) mass is 226 g/mol. The number of amides is 1. The van der Waals surface area contributed by atoms with Gasteiger partial charge in [0.2, 0.25) is 6.41 Å². The Morgan fingerprint density at radius 2 is 2.12 bits per heavy atom. The zero-order chi connectivity index (χ0) is 12.6. The lowest BCUT2D eigenvalue weighted by Gasteiger charge is -2.14. The number of rotatable bonds is 7. The fourth-order valence-electron chi connectivity index (χ4n) is 1.04. The Morgan fingerprint density at radius 3 is 2.50 bits per heavy atom. The number of hydrogen-bond donors (Lipinski definition) is 2. The Hall–Kier alpha value is -1.14. The summed E-state index contributed by atoms with van der Waals surface area (Å²) in [6.07, 6.45) is 4.58. The number of carbonyl (C=O) groups excluding carboxylic acids is 1. The van der Waals surface area contributed by atoms with E-state index in [-0.39, 0.29) is 11.5 Å². The van der Waals surface area contributed by atoms with Crippen LogP contribution >= 0.6 is 0 Å². The summed E-state index contributed by atoms with van der Waals surface area (Å²) < 4.78 is 0. The van der Waals surface area contributed by atoms with Crippen molar-refractivity contribution < 1.29 is 14.8 Å². The van der Waals surface area contributed by atoms with Gasteiger partial charge in [-0.1, -0.05) is 26.8 Å². The minimum absolute atomic E-state index is 0.0644. The van der Waals surface area contributed by atoms with Gasteiger partial charge in [-0.3, -0.25) is 4.79 Å². The molecule has 0 saturated carbocycles. The molecule has 0 aromatic rings. The van der Waals surface area contributed by atoms with Crippen molar-refractivity contribution >= 4 is 19.1 Å². The second-order valence-corrected chi connectivity index (χ2v) is 3.83. The Morgan fingerprint density at radius 1 is 1.50 bits per heavy atom. The first-order valence-corrected chi connectivity index (χ1v) is 5.34. The topological polar surface area (TPSA) is 73.1 Å². The van der Waals surface area contributed by atoms with E-state index < -0.39 is 7.12 Å². The smallest absolute Gasteiger partial charge is 0.422 e. The molecule has 0 heterocycles. The average Bonchev–Trinajstić information content (AvgIpc) is 2.21. The van der Waals surface area contributed by atoms with E-state index in [0.717, 1.165) is 6.42 Å². The third kappa shape index (κ3) is 6.37. The molecule has 6 heteroatoms. The normalized spacial score (nSPS) is 12.2. The summed E-state index contributed by atoms with van der Waals surface area (Å²) in [7, 11) is -1.67. The van der Waals surface area contributed by atoms with Crippen molar-refractivity contribution in [1.29, 1.82) is 0 Å². The molecule has 0 aromatic heterocycles. The second kappa shape index (κ2) is 8.07. The molecule has 0 aliphatic carbocycles. The van der Waals surface area contributed by atoms with Gasteiger partial charge in [-0.05, 0) is 18.4 Å².